The van der Waals surface area contributed by atoms with Crippen LogP contribution in [-0.4, -0.2) is 55.9 Å². The molecule has 35 heavy (non-hydrogen) atoms. The third-order valence-electron chi connectivity index (χ3n) is 5.22. The van der Waals surface area contributed by atoms with E-state index in [1.165, 1.54) is 38.0 Å². The topological polar surface area (TPSA) is 155 Å². The molecule has 0 aliphatic rings. The summed E-state index contributed by atoms with van der Waals surface area (Å²) in [6.07, 6.45) is 1.86. The Hall–Kier alpha value is -3.96. The molecule has 12 heteroatoms. The number of nitrogens with zero attached hydrogens (tertiary/aromatic N) is 2. The highest BCUT2D eigenvalue weighted by molar-refractivity contribution is 5.99. The molecule has 12 nitrogen and oxygen atoms in total. The molecule has 2 rings (SSSR count). The van der Waals surface area contributed by atoms with Crippen LogP contribution in [-0.2, 0) is 16.1 Å². The average molecular weight is 493 g/mol. The maximum Gasteiger partial charge on any atom is 0.342 e. The van der Waals surface area contributed by atoms with Crippen LogP contribution in [0.1, 0.15) is 43.5 Å². The Labute approximate surface area is 202 Å². The van der Waals surface area contributed by atoms with Crippen LogP contribution in [0.2, 0.25) is 0 Å². The summed E-state index contributed by atoms with van der Waals surface area (Å²) in [5, 5.41) is 0. The maximum absolute atomic E-state index is 13.1. The van der Waals surface area contributed by atoms with Crippen LogP contribution in [0.5, 0.6) is 17.2 Å². The molecule has 1 aromatic heterocycles. The van der Waals surface area contributed by atoms with Crippen LogP contribution in [0.3, 0.4) is 0 Å². The van der Waals surface area contributed by atoms with Crippen LogP contribution >= 0.6 is 0 Å². The second-order valence-corrected chi connectivity index (χ2v) is 7.50. The first kappa shape index (κ1) is 27.3. The molecule has 0 aliphatic carbocycles. The number of benzene rings is 1. The number of rotatable bonds is 12. The second kappa shape index (κ2) is 12.5. The molecule has 2 aromatic rings. The highest BCUT2D eigenvalue weighted by atomic mass is 16.5. The molecule has 1 amide bonds. The van der Waals surface area contributed by atoms with Crippen molar-refractivity contribution in [2.24, 2.45) is 0 Å². The van der Waals surface area contributed by atoms with Gasteiger partial charge in [0.1, 0.15) is 11.4 Å². The van der Waals surface area contributed by atoms with Crippen molar-refractivity contribution >= 4 is 23.4 Å². The molecule has 0 saturated carbocycles. The molecule has 0 aliphatic heterocycles. The quantitative estimate of drug-likeness (QED) is 0.420. The monoisotopic (exact) mass is 492 g/mol. The van der Waals surface area contributed by atoms with E-state index in [1.54, 1.807) is 0 Å². The fraction of sp³-hybridized carbons (Fsp3) is 0.478. The number of amides is 1. The fourth-order valence-corrected chi connectivity index (χ4v) is 3.51. The van der Waals surface area contributed by atoms with Crippen molar-refractivity contribution in [1.82, 2.24) is 9.55 Å². The largest absolute Gasteiger partial charge is 0.493 e. The van der Waals surface area contributed by atoms with Gasteiger partial charge in [0.25, 0.3) is 11.5 Å². The number of H-pyrrole nitrogens is 1. The number of hydrogen-bond acceptors (Lipinski definition) is 9. The number of aromatic nitrogens is 2. The van der Waals surface area contributed by atoms with Gasteiger partial charge < -0.3 is 29.6 Å². The van der Waals surface area contributed by atoms with Gasteiger partial charge in [-0.25, -0.2) is 9.59 Å². The van der Waals surface area contributed by atoms with E-state index < -0.39 is 29.7 Å². The predicted molar refractivity (Wildman–Crippen MR) is 130 cm³/mol. The molecule has 0 spiro atoms. The van der Waals surface area contributed by atoms with Gasteiger partial charge in [0.05, 0.1) is 21.3 Å². The zero-order chi connectivity index (χ0) is 26.1. The second-order valence-electron chi connectivity index (χ2n) is 7.50. The van der Waals surface area contributed by atoms with Crippen molar-refractivity contribution in [2.45, 2.75) is 39.7 Å². The minimum Gasteiger partial charge on any atom is -0.493 e. The molecule has 0 fully saturated rings. The van der Waals surface area contributed by atoms with Gasteiger partial charge in [-0.3, -0.25) is 19.1 Å². The van der Waals surface area contributed by atoms with E-state index in [1.807, 2.05) is 13.8 Å². The van der Waals surface area contributed by atoms with Crippen LogP contribution < -0.4 is 36.1 Å². The molecular weight excluding hydrogens is 460 g/mol. The van der Waals surface area contributed by atoms with Gasteiger partial charge in [-0.15, -0.1) is 0 Å². The molecule has 0 unspecified atom stereocenters. The zero-order valence-electron chi connectivity index (χ0n) is 20.6. The standard InChI is InChI=1S/C23H32N4O8/c1-6-8-12-26(17-20(24)27(11-7-2)23(31)25-21(17)29)16(28)13-35-22(30)14-9-10-15(32-3)19(34-5)18(14)33-4/h9-10H,6-8,11-13,24H2,1-5H3,(H,25,29,31). The number of aromatic amines is 1. The van der Waals surface area contributed by atoms with Crippen molar-refractivity contribution < 1.29 is 28.5 Å². The lowest BCUT2D eigenvalue weighted by Crippen LogP contribution is -2.43. The first-order valence-electron chi connectivity index (χ1n) is 11.1. The van der Waals surface area contributed by atoms with Crippen molar-refractivity contribution in [3.8, 4) is 17.2 Å². The SMILES string of the molecule is CCCCN(C(=O)COC(=O)c1ccc(OC)c(OC)c1OC)c1c(N)n(CCC)c(=O)[nH]c1=O. The van der Waals surface area contributed by atoms with Gasteiger partial charge in [-0.05, 0) is 25.0 Å². The number of ether oxygens (including phenoxy) is 4. The normalized spacial score (nSPS) is 10.5. The molecule has 1 heterocycles. The van der Waals surface area contributed by atoms with E-state index in [0.29, 0.717) is 18.6 Å². The number of esters is 1. The summed E-state index contributed by atoms with van der Waals surface area (Å²) in [5.41, 5.74) is 4.54. The third kappa shape index (κ3) is 5.94. The molecule has 1 aromatic carbocycles. The Morgan fingerprint density at radius 2 is 1.71 bits per heavy atom. The molecule has 0 radical (unpaired) electrons. The Balaban J connectivity index is 2.36. The zero-order valence-corrected chi connectivity index (χ0v) is 20.6. The highest BCUT2D eigenvalue weighted by Gasteiger charge is 2.26. The van der Waals surface area contributed by atoms with Crippen molar-refractivity contribution in [3.05, 3.63) is 38.5 Å². The van der Waals surface area contributed by atoms with E-state index >= 15 is 0 Å². The summed E-state index contributed by atoms with van der Waals surface area (Å²) in [7, 11) is 4.19. The van der Waals surface area contributed by atoms with E-state index in [4.69, 9.17) is 24.7 Å². The Morgan fingerprint density at radius 1 is 1.03 bits per heavy atom. The molecular formula is C23H32N4O8. The number of nitrogens with two attached hydrogens (primary N) is 1. The number of anilines is 2. The van der Waals surface area contributed by atoms with E-state index in [9.17, 15) is 19.2 Å². The Bertz CT molecular complexity index is 1170. The van der Waals surface area contributed by atoms with Crippen LogP contribution in [0.25, 0.3) is 0 Å². The van der Waals surface area contributed by atoms with Gasteiger partial charge in [0.15, 0.2) is 23.8 Å². The number of unbranched alkanes of at least 4 members (excludes halogenated alkanes) is 1. The van der Waals surface area contributed by atoms with Crippen LogP contribution in [0, 0.1) is 0 Å². The van der Waals surface area contributed by atoms with Crippen LogP contribution in [0.4, 0.5) is 11.5 Å². The summed E-state index contributed by atoms with van der Waals surface area (Å²) in [6, 6.07) is 2.93. The Morgan fingerprint density at radius 3 is 2.29 bits per heavy atom. The lowest BCUT2D eigenvalue weighted by molar-refractivity contribution is -0.121. The van der Waals surface area contributed by atoms with E-state index in [2.05, 4.69) is 4.98 Å². The molecule has 0 atom stereocenters. The first-order valence-corrected chi connectivity index (χ1v) is 11.1. The van der Waals surface area contributed by atoms with Crippen LogP contribution in [0.15, 0.2) is 21.7 Å². The lowest BCUT2D eigenvalue weighted by atomic mass is 10.1. The van der Waals surface area contributed by atoms with Gasteiger partial charge in [-0.2, -0.15) is 0 Å². The minimum absolute atomic E-state index is 0.0203. The number of methoxy groups -OCH3 is 3. The number of hydrogen-bond donors (Lipinski definition) is 2. The summed E-state index contributed by atoms with van der Waals surface area (Å²) < 4.78 is 22.2. The summed E-state index contributed by atoms with van der Waals surface area (Å²) in [4.78, 5) is 54.0. The van der Waals surface area contributed by atoms with Crippen molar-refractivity contribution in [2.75, 3.05) is 45.1 Å². The number of nitrogen functional groups attached to an aromatic ring is 1. The van der Waals surface area contributed by atoms with E-state index in [0.717, 1.165) is 11.3 Å². The number of carbonyl (C=O) groups excluding carboxylic acids is 2. The maximum atomic E-state index is 13.1. The molecule has 0 bridgehead atoms. The van der Waals surface area contributed by atoms with Gasteiger partial charge in [0.2, 0.25) is 5.75 Å². The average Bonchev–Trinajstić information content (AvgIpc) is 2.85. The van der Waals surface area contributed by atoms with E-state index in [-0.39, 0.29) is 41.7 Å². The summed E-state index contributed by atoms with van der Waals surface area (Å²) in [6.45, 7) is 3.49. The molecule has 192 valence electrons. The first-order chi connectivity index (χ1) is 16.7. The van der Waals surface area contributed by atoms with Gasteiger partial charge in [-0.1, -0.05) is 20.3 Å². The highest BCUT2D eigenvalue weighted by Crippen LogP contribution is 2.40. The minimum atomic E-state index is -0.843. The predicted octanol–water partition coefficient (Wildman–Crippen LogP) is 1.54. The van der Waals surface area contributed by atoms with Gasteiger partial charge >= 0.3 is 11.7 Å². The smallest absolute Gasteiger partial charge is 0.342 e. The number of carbonyl (C=O) groups is 2. The van der Waals surface area contributed by atoms with Crippen molar-refractivity contribution in [1.29, 1.82) is 0 Å². The molecule has 3 N–H and O–H groups in total. The fourth-order valence-electron chi connectivity index (χ4n) is 3.51. The third-order valence-corrected chi connectivity index (χ3v) is 5.22. The summed E-state index contributed by atoms with van der Waals surface area (Å²) in [5.74, 6) is -1.02. The molecule has 0 saturated heterocycles. The van der Waals surface area contributed by atoms with Gasteiger partial charge in [0, 0.05) is 13.1 Å². The summed E-state index contributed by atoms with van der Waals surface area (Å²) >= 11 is 0. The Kier molecular flexibility index (Phi) is 9.74. The van der Waals surface area contributed by atoms with Crippen molar-refractivity contribution in [3.63, 3.8) is 0 Å². The number of nitrogens with one attached hydrogen (secondary N) is 1. The lowest BCUT2D eigenvalue weighted by Gasteiger charge is -2.24.